The van der Waals surface area contributed by atoms with Gasteiger partial charge in [0.2, 0.25) is 0 Å². The summed E-state index contributed by atoms with van der Waals surface area (Å²) in [7, 11) is 0. The molecule has 0 bridgehead atoms. The minimum atomic E-state index is -0.581. The lowest BCUT2D eigenvalue weighted by atomic mass is 10.1. The van der Waals surface area contributed by atoms with Gasteiger partial charge in [0.25, 0.3) is 5.91 Å². The zero-order valence-electron chi connectivity index (χ0n) is 13.3. The first kappa shape index (κ1) is 17.1. The van der Waals surface area contributed by atoms with Crippen molar-refractivity contribution < 1.29 is 14.3 Å². The summed E-state index contributed by atoms with van der Waals surface area (Å²) in [5.74, 6) is -0.948. The summed E-state index contributed by atoms with van der Waals surface area (Å²) in [6.07, 6.45) is 3.04. The van der Waals surface area contributed by atoms with E-state index in [1.807, 2.05) is 31.2 Å². The highest BCUT2D eigenvalue weighted by Gasteiger charge is 2.14. The van der Waals surface area contributed by atoms with Gasteiger partial charge in [-0.15, -0.1) is 10.2 Å². The molecule has 1 amide bonds. The van der Waals surface area contributed by atoms with E-state index in [4.69, 9.17) is 4.74 Å². The number of aromatic nitrogens is 3. The molecule has 0 saturated heterocycles. The van der Waals surface area contributed by atoms with E-state index in [9.17, 15) is 9.59 Å². The molecule has 1 atom stereocenters. The third-order valence-corrected chi connectivity index (χ3v) is 4.14. The van der Waals surface area contributed by atoms with Gasteiger partial charge in [-0.05, 0) is 36.8 Å². The second-order valence-electron chi connectivity index (χ2n) is 5.43. The van der Waals surface area contributed by atoms with Gasteiger partial charge in [0, 0.05) is 10.7 Å². The number of pyridine rings is 1. The molecule has 2 aromatic heterocycles. The number of amides is 1. The van der Waals surface area contributed by atoms with Crippen LogP contribution in [0.1, 0.15) is 28.9 Å². The molecule has 0 aliphatic heterocycles. The number of fused-ring (bicyclic) bond motifs is 1. The van der Waals surface area contributed by atoms with E-state index < -0.39 is 5.97 Å². The number of carbonyl (C=O) groups is 2. The quantitative estimate of drug-likeness (QED) is 0.662. The van der Waals surface area contributed by atoms with E-state index in [2.05, 4.69) is 31.4 Å². The molecule has 3 aromatic rings. The van der Waals surface area contributed by atoms with Crippen molar-refractivity contribution in [3.63, 3.8) is 0 Å². The second kappa shape index (κ2) is 7.43. The van der Waals surface area contributed by atoms with Crippen molar-refractivity contribution >= 4 is 33.5 Å². The molecule has 25 heavy (non-hydrogen) atoms. The Morgan fingerprint density at radius 1 is 1.24 bits per heavy atom. The molecule has 3 rings (SSSR count). The highest BCUT2D eigenvalue weighted by atomic mass is 79.9. The van der Waals surface area contributed by atoms with Gasteiger partial charge in [0.05, 0.1) is 11.6 Å². The van der Waals surface area contributed by atoms with Gasteiger partial charge < -0.3 is 10.1 Å². The molecule has 2 heterocycles. The van der Waals surface area contributed by atoms with Crippen molar-refractivity contribution in [2.24, 2.45) is 0 Å². The lowest BCUT2D eigenvalue weighted by Gasteiger charge is -2.14. The van der Waals surface area contributed by atoms with Crippen LogP contribution in [0.25, 0.3) is 5.65 Å². The first-order chi connectivity index (χ1) is 12.0. The lowest BCUT2D eigenvalue weighted by molar-refractivity contribution is -0.124. The average molecular weight is 403 g/mol. The molecule has 0 radical (unpaired) electrons. The van der Waals surface area contributed by atoms with Crippen molar-refractivity contribution in [3.8, 4) is 0 Å². The van der Waals surface area contributed by atoms with Gasteiger partial charge >= 0.3 is 5.97 Å². The number of nitrogens with one attached hydrogen (secondary N) is 1. The van der Waals surface area contributed by atoms with Gasteiger partial charge in [-0.2, -0.15) is 0 Å². The summed E-state index contributed by atoms with van der Waals surface area (Å²) in [6.45, 7) is 1.52. The van der Waals surface area contributed by atoms with E-state index in [0.717, 1.165) is 10.0 Å². The number of hydrogen-bond acceptors (Lipinski definition) is 5. The lowest BCUT2D eigenvalue weighted by Crippen LogP contribution is -2.31. The molecule has 0 spiro atoms. The predicted octanol–water partition coefficient (Wildman–Crippen LogP) is 2.53. The molecule has 0 saturated carbocycles. The standard InChI is InChI=1S/C17H15BrN4O3/c1-11(12-2-5-14(18)6-3-12)20-16(23)9-25-17(24)13-4-7-15-21-19-10-22(15)8-13/h2-8,10-11H,9H2,1H3,(H,20,23). The van der Waals surface area contributed by atoms with E-state index in [1.54, 1.807) is 22.7 Å². The molecule has 8 heteroatoms. The van der Waals surface area contributed by atoms with Crippen molar-refractivity contribution in [2.75, 3.05) is 6.61 Å². The Hall–Kier alpha value is -2.74. The van der Waals surface area contributed by atoms with Gasteiger partial charge in [-0.1, -0.05) is 28.1 Å². The Kier molecular flexibility index (Phi) is 5.08. The molecule has 0 aliphatic rings. The number of ether oxygens (including phenoxy) is 1. The molecule has 0 fully saturated rings. The van der Waals surface area contributed by atoms with Crippen LogP contribution in [0.5, 0.6) is 0 Å². The number of rotatable bonds is 5. The van der Waals surface area contributed by atoms with E-state index in [1.165, 1.54) is 6.33 Å². The van der Waals surface area contributed by atoms with Gasteiger partial charge in [0.15, 0.2) is 12.3 Å². The molecule has 7 nitrogen and oxygen atoms in total. The predicted molar refractivity (Wildman–Crippen MR) is 94.0 cm³/mol. The normalized spacial score (nSPS) is 11.9. The Labute approximate surface area is 152 Å². The van der Waals surface area contributed by atoms with Crippen LogP contribution in [0, 0.1) is 0 Å². The fourth-order valence-corrected chi connectivity index (χ4v) is 2.54. The topological polar surface area (TPSA) is 85.6 Å². The number of nitrogens with zero attached hydrogens (tertiary/aromatic N) is 3. The maximum Gasteiger partial charge on any atom is 0.340 e. The van der Waals surface area contributed by atoms with Gasteiger partial charge in [0.1, 0.15) is 6.33 Å². The summed E-state index contributed by atoms with van der Waals surface area (Å²) in [5.41, 5.74) is 1.90. The summed E-state index contributed by atoms with van der Waals surface area (Å²) < 4.78 is 7.63. The molecular weight excluding hydrogens is 388 g/mol. The van der Waals surface area contributed by atoms with Crippen LogP contribution in [0.2, 0.25) is 0 Å². The fourth-order valence-electron chi connectivity index (χ4n) is 2.28. The molecule has 1 unspecified atom stereocenters. The Morgan fingerprint density at radius 2 is 2.00 bits per heavy atom. The number of esters is 1. The van der Waals surface area contributed by atoms with E-state index in [0.29, 0.717) is 11.2 Å². The first-order valence-electron chi connectivity index (χ1n) is 7.54. The van der Waals surface area contributed by atoms with Crippen LogP contribution in [0.15, 0.2) is 53.4 Å². The highest BCUT2D eigenvalue weighted by molar-refractivity contribution is 9.10. The molecule has 0 aliphatic carbocycles. The van der Waals surface area contributed by atoms with Crippen molar-refractivity contribution in [2.45, 2.75) is 13.0 Å². The Morgan fingerprint density at radius 3 is 2.76 bits per heavy atom. The maximum absolute atomic E-state index is 12.0. The average Bonchev–Trinajstić information content (AvgIpc) is 3.07. The minimum absolute atomic E-state index is 0.187. The number of benzene rings is 1. The largest absolute Gasteiger partial charge is 0.452 e. The maximum atomic E-state index is 12.0. The SMILES string of the molecule is CC(NC(=O)COC(=O)c1ccc2nncn2c1)c1ccc(Br)cc1. The van der Waals surface area contributed by atoms with E-state index in [-0.39, 0.29) is 18.6 Å². The summed E-state index contributed by atoms with van der Waals surface area (Å²) in [5, 5.41) is 10.4. The fraction of sp³-hybridized carbons (Fsp3) is 0.176. The van der Waals surface area contributed by atoms with Crippen molar-refractivity contribution in [1.82, 2.24) is 19.9 Å². The van der Waals surface area contributed by atoms with Crippen LogP contribution < -0.4 is 5.32 Å². The van der Waals surface area contributed by atoms with Gasteiger partial charge in [-0.25, -0.2) is 4.79 Å². The molecule has 1 aromatic carbocycles. The smallest absolute Gasteiger partial charge is 0.340 e. The monoisotopic (exact) mass is 402 g/mol. The Balaban J connectivity index is 1.54. The highest BCUT2D eigenvalue weighted by Crippen LogP contribution is 2.16. The summed E-state index contributed by atoms with van der Waals surface area (Å²) in [6, 6.07) is 10.7. The van der Waals surface area contributed by atoms with Crippen LogP contribution in [-0.2, 0) is 9.53 Å². The van der Waals surface area contributed by atoms with Crippen molar-refractivity contribution in [3.05, 3.63) is 64.5 Å². The number of carbonyl (C=O) groups excluding carboxylic acids is 2. The summed E-state index contributed by atoms with van der Waals surface area (Å²) >= 11 is 3.37. The third kappa shape index (κ3) is 4.21. The molecule has 128 valence electrons. The third-order valence-electron chi connectivity index (χ3n) is 3.61. The molecule has 1 N–H and O–H groups in total. The Bertz CT molecular complexity index is 908. The minimum Gasteiger partial charge on any atom is -0.452 e. The number of hydrogen-bond donors (Lipinski definition) is 1. The van der Waals surface area contributed by atoms with E-state index >= 15 is 0 Å². The van der Waals surface area contributed by atoms with Crippen LogP contribution in [-0.4, -0.2) is 33.1 Å². The van der Waals surface area contributed by atoms with Crippen LogP contribution in [0.3, 0.4) is 0 Å². The van der Waals surface area contributed by atoms with Gasteiger partial charge in [-0.3, -0.25) is 9.20 Å². The number of halogens is 1. The van der Waals surface area contributed by atoms with Crippen LogP contribution >= 0.6 is 15.9 Å². The van der Waals surface area contributed by atoms with Crippen LogP contribution in [0.4, 0.5) is 0 Å². The zero-order valence-corrected chi connectivity index (χ0v) is 14.9. The summed E-state index contributed by atoms with van der Waals surface area (Å²) in [4.78, 5) is 24.0. The van der Waals surface area contributed by atoms with Crippen molar-refractivity contribution in [1.29, 1.82) is 0 Å². The first-order valence-corrected chi connectivity index (χ1v) is 8.33. The molecular formula is C17H15BrN4O3. The second-order valence-corrected chi connectivity index (χ2v) is 6.35. The zero-order chi connectivity index (χ0) is 17.8.